The zero-order valence-corrected chi connectivity index (χ0v) is 12.5. The fourth-order valence-electron chi connectivity index (χ4n) is 3.04. The van der Waals surface area contributed by atoms with Crippen LogP contribution in [0.2, 0.25) is 0 Å². The number of aromatic nitrogens is 1. The molecule has 0 bridgehead atoms. The molecule has 1 N–H and O–H groups in total. The van der Waals surface area contributed by atoms with Crippen LogP contribution in [0.25, 0.3) is 0 Å². The zero-order chi connectivity index (χ0) is 13.7. The molecule has 0 amide bonds. The van der Waals surface area contributed by atoms with Crippen LogP contribution in [0, 0.1) is 11.3 Å². The number of nitrogens with zero attached hydrogens (tertiary/aromatic N) is 2. The van der Waals surface area contributed by atoms with Crippen LogP contribution in [0.3, 0.4) is 0 Å². The van der Waals surface area contributed by atoms with E-state index < -0.39 is 0 Å². The largest absolute Gasteiger partial charge is 0.316 e. The Hall–Kier alpha value is -0.930. The molecule has 0 aliphatic carbocycles. The van der Waals surface area contributed by atoms with E-state index in [4.69, 9.17) is 0 Å². The van der Waals surface area contributed by atoms with Gasteiger partial charge in [0, 0.05) is 37.9 Å². The van der Waals surface area contributed by atoms with Crippen LogP contribution >= 0.6 is 0 Å². The Bertz CT molecular complexity index is 369. The van der Waals surface area contributed by atoms with Gasteiger partial charge >= 0.3 is 0 Å². The molecule has 0 radical (unpaired) electrons. The monoisotopic (exact) mass is 261 g/mol. The summed E-state index contributed by atoms with van der Waals surface area (Å²) in [4.78, 5) is 6.87. The quantitative estimate of drug-likeness (QED) is 0.851. The van der Waals surface area contributed by atoms with Gasteiger partial charge in [0.25, 0.3) is 0 Å². The lowest BCUT2D eigenvalue weighted by atomic mass is 9.76. The van der Waals surface area contributed by atoms with E-state index >= 15 is 0 Å². The van der Waals surface area contributed by atoms with Gasteiger partial charge in [0.2, 0.25) is 0 Å². The number of hydrogen-bond acceptors (Lipinski definition) is 3. The van der Waals surface area contributed by atoms with Gasteiger partial charge in [-0.3, -0.25) is 4.98 Å². The third-order valence-corrected chi connectivity index (χ3v) is 4.56. The average Bonchev–Trinajstić information content (AvgIpc) is 2.87. The first-order chi connectivity index (χ1) is 9.12. The van der Waals surface area contributed by atoms with Crippen molar-refractivity contribution in [1.82, 2.24) is 15.2 Å². The van der Waals surface area contributed by atoms with Crippen molar-refractivity contribution >= 4 is 0 Å². The van der Waals surface area contributed by atoms with E-state index in [0.29, 0.717) is 5.41 Å². The van der Waals surface area contributed by atoms with Gasteiger partial charge in [-0.1, -0.05) is 19.9 Å². The third kappa shape index (κ3) is 3.77. The number of likely N-dealkylation sites (N-methyl/N-ethyl adjacent to an activating group) is 1. The maximum absolute atomic E-state index is 4.40. The van der Waals surface area contributed by atoms with Crippen LogP contribution in [-0.2, 0) is 6.42 Å². The number of nitrogens with one attached hydrogen (secondary N) is 1. The Morgan fingerprint density at radius 1 is 1.42 bits per heavy atom. The lowest BCUT2D eigenvalue weighted by Crippen LogP contribution is -2.41. The van der Waals surface area contributed by atoms with Crippen LogP contribution in [0.4, 0.5) is 0 Å². The Labute approximate surface area is 117 Å². The molecule has 106 valence electrons. The van der Waals surface area contributed by atoms with Gasteiger partial charge in [0.15, 0.2) is 0 Å². The maximum atomic E-state index is 4.40. The lowest BCUT2D eigenvalue weighted by molar-refractivity contribution is 0.136. The molecule has 2 heterocycles. The summed E-state index contributed by atoms with van der Waals surface area (Å²) < 4.78 is 0. The molecule has 1 aromatic rings. The zero-order valence-electron chi connectivity index (χ0n) is 12.5. The Kier molecular flexibility index (Phi) is 4.94. The minimum Gasteiger partial charge on any atom is -0.316 e. The number of hydrogen-bond donors (Lipinski definition) is 1. The Morgan fingerprint density at radius 2 is 2.26 bits per heavy atom. The van der Waals surface area contributed by atoms with Crippen LogP contribution in [0.1, 0.15) is 26.0 Å². The van der Waals surface area contributed by atoms with Crippen molar-refractivity contribution in [1.29, 1.82) is 0 Å². The summed E-state index contributed by atoms with van der Waals surface area (Å²) in [5.41, 5.74) is 1.65. The van der Waals surface area contributed by atoms with Gasteiger partial charge in [-0.2, -0.15) is 0 Å². The second-order valence-electron chi connectivity index (χ2n) is 6.25. The molecule has 0 aromatic carbocycles. The molecule has 3 nitrogen and oxygen atoms in total. The normalized spacial score (nSPS) is 23.4. The second kappa shape index (κ2) is 6.49. The molecule has 3 heteroatoms. The molecule has 1 aliphatic heterocycles. The van der Waals surface area contributed by atoms with Crippen LogP contribution < -0.4 is 5.32 Å². The van der Waals surface area contributed by atoms with E-state index in [1.807, 2.05) is 12.3 Å². The first-order valence-corrected chi connectivity index (χ1v) is 7.41. The topological polar surface area (TPSA) is 28.2 Å². The first-order valence-electron chi connectivity index (χ1n) is 7.41. The van der Waals surface area contributed by atoms with Crippen molar-refractivity contribution in [3.8, 4) is 0 Å². The van der Waals surface area contributed by atoms with Crippen LogP contribution in [0.15, 0.2) is 24.4 Å². The van der Waals surface area contributed by atoms with Crippen molar-refractivity contribution in [2.75, 3.05) is 33.2 Å². The SMILES string of the molecule is CC(C)C1(CN(C)CCc2ccccn2)CCNC1. The molecule has 1 unspecified atom stereocenters. The highest BCUT2D eigenvalue weighted by Gasteiger charge is 2.37. The molecule has 1 atom stereocenters. The Morgan fingerprint density at radius 3 is 2.84 bits per heavy atom. The van der Waals surface area contributed by atoms with Gasteiger partial charge < -0.3 is 10.2 Å². The first kappa shape index (κ1) is 14.5. The summed E-state index contributed by atoms with van der Waals surface area (Å²) in [5, 5.41) is 3.53. The molecular weight excluding hydrogens is 234 g/mol. The molecule has 19 heavy (non-hydrogen) atoms. The van der Waals surface area contributed by atoms with Crippen molar-refractivity contribution in [2.24, 2.45) is 11.3 Å². The summed E-state index contributed by atoms with van der Waals surface area (Å²) in [7, 11) is 2.24. The molecule has 0 saturated carbocycles. The van der Waals surface area contributed by atoms with Crippen molar-refractivity contribution in [3.05, 3.63) is 30.1 Å². The van der Waals surface area contributed by atoms with Crippen molar-refractivity contribution in [3.63, 3.8) is 0 Å². The van der Waals surface area contributed by atoms with Gasteiger partial charge in [-0.15, -0.1) is 0 Å². The smallest absolute Gasteiger partial charge is 0.0416 e. The highest BCUT2D eigenvalue weighted by atomic mass is 15.1. The summed E-state index contributed by atoms with van der Waals surface area (Å²) in [6, 6.07) is 6.16. The van der Waals surface area contributed by atoms with Crippen molar-refractivity contribution < 1.29 is 0 Å². The van der Waals surface area contributed by atoms with Crippen LogP contribution in [0.5, 0.6) is 0 Å². The van der Waals surface area contributed by atoms with Crippen molar-refractivity contribution in [2.45, 2.75) is 26.7 Å². The standard InChI is InChI=1S/C16H27N3/c1-14(2)16(8-10-17-12-16)13-19(3)11-7-15-6-4-5-9-18-15/h4-6,9,14,17H,7-8,10-13H2,1-3H3. The van der Waals surface area contributed by atoms with E-state index in [2.05, 4.69) is 48.2 Å². The molecule has 0 spiro atoms. The van der Waals surface area contributed by atoms with Gasteiger partial charge in [0.1, 0.15) is 0 Å². The summed E-state index contributed by atoms with van der Waals surface area (Å²) >= 11 is 0. The molecule has 1 saturated heterocycles. The van der Waals surface area contributed by atoms with Gasteiger partial charge in [-0.25, -0.2) is 0 Å². The molecule has 1 aromatic heterocycles. The highest BCUT2D eigenvalue weighted by molar-refractivity contribution is 5.04. The van der Waals surface area contributed by atoms with E-state index in [-0.39, 0.29) is 0 Å². The predicted molar refractivity (Wildman–Crippen MR) is 80.2 cm³/mol. The fourth-order valence-corrected chi connectivity index (χ4v) is 3.04. The summed E-state index contributed by atoms with van der Waals surface area (Å²) in [5.74, 6) is 0.736. The minimum absolute atomic E-state index is 0.457. The van der Waals surface area contributed by atoms with E-state index in [0.717, 1.165) is 18.9 Å². The van der Waals surface area contributed by atoms with E-state index in [9.17, 15) is 0 Å². The second-order valence-corrected chi connectivity index (χ2v) is 6.25. The highest BCUT2D eigenvalue weighted by Crippen LogP contribution is 2.34. The summed E-state index contributed by atoms with van der Waals surface area (Å²) in [6.07, 6.45) is 4.23. The van der Waals surface area contributed by atoms with E-state index in [1.165, 1.54) is 31.7 Å². The third-order valence-electron chi connectivity index (χ3n) is 4.56. The van der Waals surface area contributed by atoms with Gasteiger partial charge in [0.05, 0.1) is 0 Å². The molecule has 2 rings (SSSR count). The lowest BCUT2D eigenvalue weighted by Gasteiger charge is -2.36. The van der Waals surface area contributed by atoms with Gasteiger partial charge in [-0.05, 0) is 43.5 Å². The number of pyridine rings is 1. The maximum Gasteiger partial charge on any atom is 0.0416 e. The molecule has 1 fully saturated rings. The molecular formula is C16H27N3. The fraction of sp³-hybridized carbons (Fsp3) is 0.688. The predicted octanol–water partition coefficient (Wildman–Crippen LogP) is 2.19. The van der Waals surface area contributed by atoms with Crippen LogP contribution in [-0.4, -0.2) is 43.1 Å². The van der Waals surface area contributed by atoms with E-state index in [1.54, 1.807) is 0 Å². The molecule has 1 aliphatic rings. The minimum atomic E-state index is 0.457. The number of rotatable bonds is 6. The summed E-state index contributed by atoms with van der Waals surface area (Å²) in [6.45, 7) is 9.33. The Balaban J connectivity index is 1.85. The average molecular weight is 261 g/mol.